The third-order valence-electron chi connectivity index (χ3n) is 2.81. The van der Waals surface area contributed by atoms with E-state index >= 15 is 0 Å². The zero-order chi connectivity index (χ0) is 12.3. The van der Waals surface area contributed by atoms with Gasteiger partial charge in [-0.15, -0.1) is 0 Å². The molecule has 0 aromatic heterocycles. The number of nitrogens with zero attached hydrogens (tertiary/aromatic N) is 2. The smallest absolute Gasteiger partial charge is 0.126 e. The number of hydrogen-bond acceptors (Lipinski definition) is 3. The predicted octanol–water partition coefficient (Wildman–Crippen LogP) is 2.89. The minimum Gasteiger partial charge on any atom is -0.379 e. The van der Waals surface area contributed by atoms with Crippen molar-refractivity contribution in [2.45, 2.75) is 6.04 Å². The molecule has 1 aliphatic heterocycles. The van der Waals surface area contributed by atoms with Crippen LogP contribution in [-0.2, 0) is 4.74 Å². The molecular formula is C12H12Cl2N2O. The van der Waals surface area contributed by atoms with Gasteiger partial charge in [0, 0.05) is 28.7 Å². The summed E-state index contributed by atoms with van der Waals surface area (Å²) in [4.78, 5) is 2.04. The third kappa shape index (κ3) is 2.72. The highest BCUT2D eigenvalue weighted by Crippen LogP contribution is 2.33. The van der Waals surface area contributed by atoms with Gasteiger partial charge in [-0.3, -0.25) is 4.90 Å². The summed E-state index contributed by atoms with van der Waals surface area (Å²) in [6.45, 7) is 2.72. The van der Waals surface area contributed by atoms with Crippen molar-refractivity contribution in [3.63, 3.8) is 0 Å². The Morgan fingerprint density at radius 1 is 1.24 bits per heavy atom. The molecule has 1 fully saturated rings. The average Bonchev–Trinajstić information content (AvgIpc) is 2.35. The van der Waals surface area contributed by atoms with E-state index in [1.165, 1.54) is 0 Å². The van der Waals surface area contributed by atoms with Crippen LogP contribution in [0.15, 0.2) is 18.2 Å². The molecule has 1 saturated heterocycles. The summed E-state index contributed by atoms with van der Waals surface area (Å²) >= 11 is 12.3. The lowest BCUT2D eigenvalue weighted by Crippen LogP contribution is -2.38. The summed E-state index contributed by atoms with van der Waals surface area (Å²) in [5, 5.41) is 10.4. The molecule has 0 amide bonds. The zero-order valence-electron chi connectivity index (χ0n) is 9.20. The van der Waals surface area contributed by atoms with Gasteiger partial charge >= 0.3 is 0 Å². The molecule has 1 aromatic rings. The topological polar surface area (TPSA) is 36.3 Å². The molecule has 90 valence electrons. The van der Waals surface area contributed by atoms with E-state index in [2.05, 4.69) is 6.07 Å². The molecule has 1 aliphatic rings. The number of rotatable bonds is 2. The van der Waals surface area contributed by atoms with Crippen LogP contribution in [0.3, 0.4) is 0 Å². The van der Waals surface area contributed by atoms with Gasteiger partial charge in [0.25, 0.3) is 0 Å². The highest BCUT2D eigenvalue weighted by molar-refractivity contribution is 6.36. The van der Waals surface area contributed by atoms with E-state index < -0.39 is 6.04 Å². The lowest BCUT2D eigenvalue weighted by Gasteiger charge is -2.31. The number of morpholine rings is 1. The number of ether oxygens (including phenoxy) is 1. The molecule has 1 aromatic carbocycles. The van der Waals surface area contributed by atoms with Gasteiger partial charge in [-0.1, -0.05) is 29.3 Å². The minimum atomic E-state index is -0.403. The molecular weight excluding hydrogens is 259 g/mol. The Bertz CT molecular complexity index is 418. The van der Waals surface area contributed by atoms with Crippen molar-refractivity contribution in [1.82, 2.24) is 4.90 Å². The maximum atomic E-state index is 9.33. The van der Waals surface area contributed by atoms with E-state index in [0.29, 0.717) is 28.8 Å². The molecule has 0 aliphatic carbocycles. The summed E-state index contributed by atoms with van der Waals surface area (Å²) in [6.07, 6.45) is 0. The molecule has 0 spiro atoms. The first-order valence-corrected chi connectivity index (χ1v) is 6.15. The molecule has 0 saturated carbocycles. The van der Waals surface area contributed by atoms with Crippen molar-refractivity contribution in [3.05, 3.63) is 33.8 Å². The quantitative estimate of drug-likeness (QED) is 0.829. The second kappa shape index (κ2) is 5.70. The van der Waals surface area contributed by atoms with Crippen LogP contribution in [0.2, 0.25) is 10.0 Å². The highest BCUT2D eigenvalue weighted by atomic mass is 35.5. The van der Waals surface area contributed by atoms with Crippen molar-refractivity contribution in [1.29, 1.82) is 5.26 Å². The van der Waals surface area contributed by atoms with Crippen molar-refractivity contribution in [3.8, 4) is 6.07 Å². The summed E-state index contributed by atoms with van der Waals surface area (Å²) < 4.78 is 5.27. The molecule has 0 radical (unpaired) electrons. The fourth-order valence-electron chi connectivity index (χ4n) is 1.94. The Hall–Kier alpha value is -0.790. The first-order valence-electron chi connectivity index (χ1n) is 5.39. The standard InChI is InChI=1S/C12H12Cl2N2O/c13-9-2-1-3-10(14)12(9)11(8-15)16-4-6-17-7-5-16/h1-3,11H,4-7H2. The summed E-state index contributed by atoms with van der Waals surface area (Å²) in [6, 6.07) is 7.16. The Balaban J connectivity index is 2.32. The van der Waals surface area contributed by atoms with Gasteiger partial charge in [-0.05, 0) is 12.1 Å². The number of benzene rings is 1. The van der Waals surface area contributed by atoms with Crippen LogP contribution in [-0.4, -0.2) is 31.2 Å². The zero-order valence-corrected chi connectivity index (χ0v) is 10.7. The van der Waals surface area contributed by atoms with Gasteiger partial charge in [-0.2, -0.15) is 5.26 Å². The average molecular weight is 271 g/mol. The van der Waals surface area contributed by atoms with E-state index in [0.717, 1.165) is 13.1 Å². The van der Waals surface area contributed by atoms with E-state index in [4.69, 9.17) is 27.9 Å². The maximum Gasteiger partial charge on any atom is 0.126 e. The van der Waals surface area contributed by atoms with Gasteiger partial charge in [-0.25, -0.2) is 0 Å². The van der Waals surface area contributed by atoms with Crippen LogP contribution in [0.1, 0.15) is 11.6 Å². The fraction of sp³-hybridized carbons (Fsp3) is 0.417. The van der Waals surface area contributed by atoms with E-state index in [9.17, 15) is 5.26 Å². The second-order valence-corrected chi connectivity index (χ2v) is 4.63. The largest absolute Gasteiger partial charge is 0.379 e. The molecule has 17 heavy (non-hydrogen) atoms. The Morgan fingerprint density at radius 2 is 1.82 bits per heavy atom. The Morgan fingerprint density at radius 3 is 2.35 bits per heavy atom. The first-order chi connectivity index (χ1) is 8.24. The monoisotopic (exact) mass is 270 g/mol. The van der Waals surface area contributed by atoms with Gasteiger partial charge in [0.1, 0.15) is 6.04 Å². The van der Waals surface area contributed by atoms with Crippen molar-refractivity contribution < 1.29 is 4.74 Å². The molecule has 0 N–H and O–H groups in total. The lowest BCUT2D eigenvalue weighted by atomic mass is 10.1. The molecule has 3 nitrogen and oxygen atoms in total. The van der Waals surface area contributed by atoms with Crippen LogP contribution >= 0.6 is 23.2 Å². The molecule has 1 heterocycles. The SMILES string of the molecule is N#CC(c1c(Cl)cccc1Cl)N1CCOCC1. The van der Waals surface area contributed by atoms with E-state index in [1.807, 2.05) is 4.90 Å². The van der Waals surface area contributed by atoms with Crippen LogP contribution in [0, 0.1) is 11.3 Å². The molecule has 0 bridgehead atoms. The lowest BCUT2D eigenvalue weighted by molar-refractivity contribution is 0.0267. The van der Waals surface area contributed by atoms with Gasteiger partial charge in [0.2, 0.25) is 0 Å². The second-order valence-electron chi connectivity index (χ2n) is 3.82. The summed E-state index contributed by atoms with van der Waals surface area (Å²) in [5.41, 5.74) is 0.695. The highest BCUT2D eigenvalue weighted by Gasteiger charge is 2.25. The Labute approximate surface area is 110 Å². The van der Waals surface area contributed by atoms with E-state index in [-0.39, 0.29) is 0 Å². The molecule has 1 unspecified atom stereocenters. The van der Waals surface area contributed by atoms with Gasteiger partial charge in [0.15, 0.2) is 0 Å². The van der Waals surface area contributed by atoms with Crippen LogP contribution in [0.4, 0.5) is 0 Å². The van der Waals surface area contributed by atoms with Crippen LogP contribution in [0.5, 0.6) is 0 Å². The molecule has 5 heteroatoms. The number of nitriles is 1. The van der Waals surface area contributed by atoms with Gasteiger partial charge in [0.05, 0.1) is 19.3 Å². The van der Waals surface area contributed by atoms with Crippen molar-refractivity contribution in [2.75, 3.05) is 26.3 Å². The minimum absolute atomic E-state index is 0.403. The fourth-order valence-corrected chi connectivity index (χ4v) is 2.54. The number of hydrogen-bond donors (Lipinski definition) is 0. The normalized spacial score (nSPS) is 18.6. The predicted molar refractivity (Wildman–Crippen MR) is 67.2 cm³/mol. The van der Waals surface area contributed by atoms with Crippen LogP contribution < -0.4 is 0 Å². The number of halogens is 2. The van der Waals surface area contributed by atoms with Gasteiger partial charge < -0.3 is 4.74 Å². The van der Waals surface area contributed by atoms with Crippen LogP contribution in [0.25, 0.3) is 0 Å². The van der Waals surface area contributed by atoms with Crippen molar-refractivity contribution >= 4 is 23.2 Å². The van der Waals surface area contributed by atoms with Crippen molar-refractivity contribution in [2.24, 2.45) is 0 Å². The summed E-state index contributed by atoms with van der Waals surface area (Å²) in [7, 11) is 0. The molecule has 1 atom stereocenters. The molecule has 2 rings (SSSR count). The van der Waals surface area contributed by atoms with E-state index in [1.54, 1.807) is 18.2 Å². The maximum absolute atomic E-state index is 9.33. The summed E-state index contributed by atoms with van der Waals surface area (Å²) in [5.74, 6) is 0. The third-order valence-corrected chi connectivity index (χ3v) is 3.47. The first kappa shape index (κ1) is 12.7. The Kier molecular flexibility index (Phi) is 4.25.